The zero-order chi connectivity index (χ0) is 26.0. The molecule has 2 heteroatoms. The molecule has 4 N–H and O–H groups in total. The van der Waals surface area contributed by atoms with Crippen LogP contribution in [-0.4, -0.2) is 0 Å². The molecule has 0 amide bonds. The Morgan fingerprint density at radius 3 is 1.03 bits per heavy atom. The Kier molecular flexibility index (Phi) is 9.43. The summed E-state index contributed by atoms with van der Waals surface area (Å²) in [6.07, 6.45) is 10.4. The number of nitrogen functional groups attached to an aromatic ring is 2. The smallest absolute Gasteiger partial charge is 0.0343 e. The summed E-state index contributed by atoms with van der Waals surface area (Å²) in [6.45, 7) is 4.16. The van der Waals surface area contributed by atoms with E-state index in [2.05, 4.69) is 86.6 Å². The van der Waals surface area contributed by atoms with Crippen molar-refractivity contribution in [2.45, 2.75) is 71.6 Å². The summed E-state index contributed by atoms with van der Waals surface area (Å²) >= 11 is 0. The molecular formula is C35H42N2. The minimum absolute atomic E-state index is 0.877. The Hall–Kier alpha value is -3.52. The number of hydrogen-bond donors (Lipinski definition) is 2. The summed E-state index contributed by atoms with van der Waals surface area (Å²) in [6, 6.07) is 31.2. The molecule has 0 bridgehead atoms. The largest absolute Gasteiger partial charge is 0.399 e. The fourth-order valence-corrected chi connectivity index (χ4v) is 4.94. The van der Waals surface area contributed by atoms with E-state index in [4.69, 9.17) is 11.5 Å². The van der Waals surface area contributed by atoms with Crippen LogP contribution in [0.4, 0.5) is 11.4 Å². The predicted molar refractivity (Wildman–Crippen MR) is 160 cm³/mol. The van der Waals surface area contributed by atoms with E-state index >= 15 is 0 Å². The van der Waals surface area contributed by atoms with E-state index in [1.165, 1.54) is 76.6 Å². The van der Waals surface area contributed by atoms with Gasteiger partial charge in [0.25, 0.3) is 0 Å². The van der Waals surface area contributed by atoms with Crippen molar-refractivity contribution in [2.75, 3.05) is 11.5 Å². The van der Waals surface area contributed by atoms with E-state index < -0.39 is 0 Å². The van der Waals surface area contributed by atoms with Crippen LogP contribution in [0.5, 0.6) is 0 Å². The maximum atomic E-state index is 5.94. The molecule has 4 aromatic carbocycles. The second kappa shape index (κ2) is 13.1. The Morgan fingerprint density at radius 2 is 0.676 bits per heavy atom. The third kappa shape index (κ3) is 8.25. The van der Waals surface area contributed by atoms with Gasteiger partial charge in [0.1, 0.15) is 0 Å². The van der Waals surface area contributed by atoms with Crippen LogP contribution < -0.4 is 11.5 Å². The van der Waals surface area contributed by atoms with Crippen molar-refractivity contribution in [3.8, 4) is 0 Å². The first-order valence-electron chi connectivity index (χ1n) is 13.8. The summed E-state index contributed by atoms with van der Waals surface area (Å²) in [5, 5.41) is 0. The van der Waals surface area contributed by atoms with Crippen LogP contribution in [0.2, 0.25) is 0 Å². The van der Waals surface area contributed by atoms with Crippen LogP contribution in [0, 0.1) is 13.8 Å². The maximum absolute atomic E-state index is 5.94. The lowest BCUT2D eigenvalue weighted by atomic mass is 9.98. The average Bonchev–Trinajstić information content (AvgIpc) is 2.91. The molecule has 0 aliphatic rings. The summed E-state index contributed by atoms with van der Waals surface area (Å²) in [4.78, 5) is 0. The molecule has 4 aromatic rings. The minimum atomic E-state index is 0.877. The second-order valence-electron chi connectivity index (χ2n) is 10.6. The normalized spacial score (nSPS) is 11.1. The van der Waals surface area contributed by atoms with Crippen LogP contribution >= 0.6 is 0 Å². The van der Waals surface area contributed by atoms with Crippen molar-refractivity contribution in [1.82, 2.24) is 0 Å². The van der Waals surface area contributed by atoms with E-state index in [1.807, 2.05) is 12.1 Å². The Morgan fingerprint density at radius 1 is 0.378 bits per heavy atom. The lowest BCUT2D eigenvalue weighted by Gasteiger charge is -2.08. The van der Waals surface area contributed by atoms with Crippen molar-refractivity contribution in [3.63, 3.8) is 0 Å². The molecule has 2 nitrogen and oxygen atoms in total. The molecular weight excluding hydrogens is 448 g/mol. The third-order valence-electron chi connectivity index (χ3n) is 7.55. The summed E-state index contributed by atoms with van der Waals surface area (Å²) in [5.74, 6) is 0. The molecule has 0 aliphatic heterocycles. The molecule has 192 valence electrons. The first kappa shape index (κ1) is 26.5. The number of rotatable bonds is 12. The van der Waals surface area contributed by atoms with Gasteiger partial charge in [-0.25, -0.2) is 0 Å². The topological polar surface area (TPSA) is 52.0 Å². The van der Waals surface area contributed by atoms with Gasteiger partial charge in [-0.05, 0) is 122 Å². The molecule has 0 fully saturated rings. The molecule has 0 saturated carbocycles. The van der Waals surface area contributed by atoms with E-state index in [0.717, 1.165) is 37.1 Å². The Labute approximate surface area is 223 Å². The minimum Gasteiger partial charge on any atom is -0.399 e. The van der Waals surface area contributed by atoms with E-state index in [1.54, 1.807) is 0 Å². The molecule has 37 heavy (non-hydrogen) atoms. The van der Waals surface area contributed by atoms with Crippen molar-refractivity contribution >= 4 is 11.4 Å². The first-order valence-corrected chi connectivity index (χ1v) is 13.8. The zero-order valence-electron chi connectivity index (χ0n) is 22.6. The number of aryl methyl sites for hydroxylation is 8. The molecule has 0 spiro atoms. The van der Waals surface area contributed by atoms with Crippen LogP contribution in [0.15, 0.2) is 84.9 Å². The predicted octanol–water partition coefficient (Wildman–Crippen LogP) is 7.99. The van der Waals surface area contributed by atoms with Crippen molar-refractivity contribution in [1.29, 1.82) is 0 Å². The highest BCUT2D eigenvalue weighted by atomic mass is 14.6. The lowest BCUT2D eigenvalue weighted by molar-refractivity contribution is 0.678. The number of benzene rings is 4. The molecule has 4 rings (SSSR count). The summed E-state index contributed by atoms with van der Waals surface area (Å²) in [7, 11) is 0. The third-order valence-corrected chi connectivity index (χ3v) is 7.55. The van der Waals surface area contributed by atoms with Crippen molar-refractivity contribution in [3.05, 3.63) is 129 Å². The van der Waals surface area contributed by atoms with E-state index in [-0.39, 0.29) is 0 Å². The Bertz CT molecular complexity index is 1170. The average molecular weight is 491 g/mol. The van der Waals surface area contributed by atoms with Gasteiger partial charge >= 0.3 is 0 Å². The highest BCUT2D eigenvalue weighted by Crippen LogP contribution is 2.18. The number of unbranched alkanes of at least 4 members (excludes halogenated alkanes) is 2. The number of nitrogens with two attached hydrogens (primary N) is 2. The Balaban J connectivity index is 1.12. The molecule has 0 atom stereocenters. The molecule has 0 aliphatic carbocycles. The van der Waals surface area contributed by atoms with E-state index in [9.17, 15) is 0 Å². The fraction of sp³-hybridized carbons (Fsp3) is 0.314. The highest BCUT2D eigenvalue weighted by molar-refractivity contribution is 5.48. The SMILES string of the molecule is Cc1cc(CCc2ccc(CCCCCc3ccc(CCc4ccc(N)c(C)c4)cc3)cc2)ccc1N. The van der Waals surface area contributed by atoms with Gasteiger partial charge in [-0.2, -0.15) is 0 Å². The van der Waals surface area contributed by atoms with E-state index in [0.29, 0.717) is 0 Å². The number of hydrogen-bond acceptors (Lipinski definition) is 2. The molecule has 0 aromatic heterocycles. The van der Waals surface area contributed by atoms with Gasteiger partial charge < -0.3 is 11.5 Å². The van der Waals surface area contributed by atoms with Crippen LogP contribution in [0.3, 0.4) is 0 Å². The molecule has 0 heterocycles. The standard InChI is InChI=1S/C35H42N2/c1-26-24-32(20-22-34(26)36)18-16-30-12-8-28(9-13-30)6-4-3-5-7-29-10-14-31(15-11-29)17-19-33-21-23-35(37)27(2)25-33/h8-15,20-25H,3-7,16-19,36-37H2,1-2H3. The fourth-order valence-electron chi connectivity index (χ4n) is 4.94. The van der Waals surface area contributed by atoms with Crippen LogP contribution in [-0.2, 0) is 38.5 Å². The maximum Gasteiger partial charge on any atom is 0.0343 e. The van der Waals surface area contributed by atoms with Crippen LogP contribution in [0.1, 0.15) is 63.8 Å². The van der Waals surface area contributed by atoms with Gasteiger partial charge in [-0.3, -0.25) is 0 Å². The monoisotopic (exact) mass is 490 g/mol. The zero-order valence-corrected chi connectivity index (χ0v) is 22.6. The van der Waals surface area contributed by atoms with Gasteiger partial charge in [0.2, 0.25) is 0 Å². The van der Waals surface area contributed by atoms with Crippen LogP contribution in [0.25, 0.3) is 0 Å². The highest BCUT2D eigenvalue weighted by Gasteiger charge is 2.02. The second-order valence-corrected chi connectivity index (χ2v) is 10.6. The molecule has 0 saturated heterocycles. The lowest BCUT2D eigenvalue weighted by Crippen LogP contribution is -1.96. The van der Waals surface area contributed by atoms with Gasteiger partial charge in [0.05, 0.1) is 0 Å². The molecule has 0 radical (unpaired) electrons. The van der Waals surface area contributed by atoms with Gasteiger partial charge in [0.15, 0.2) is 0 Å². The molecule has 0 unspecified atom stereocenters. The quantitative estimate of drug-likeness (QED) is 0.156. The summed E-state index contributed by atoms with van der Waals surface area (Å²) in [5.41, 5.74) is 24.4. The summed E-state index contributed by atoms with van der Waals surface area (Å²) < 4.78 is 0. The van der Waals surface area contributed by atoms with Gasteiger partial charge in [-0.15, -0.1) is 0 Å². The first-order chi connectivity index (χ1) is 18.0. The van der Waals surface area contributed by atoms with Gasteiger partial charge in [0, 0.05) is 11.4 Å². The van der Waals surface area contributed by atoms with Crippen molar-refractivity contribution in [2.24, 2.45) is 0 Å². The number of anilines is 2. The van der Waals surface area contributed by atoms with Gasteiger partial charge in [-0.1, -0.05) is 79.2 Å². The van der Waals surface area contributed by atoms with Crippen molar-refractivity contribution < 1.29 is 0 Å².